The van der Waals surface area contributed by atoms with E-state index in [0.29, 0.717) is 13.0 Å². The van der Waals surface area contributed by atoms with Gasteiger partial charge in [-0.2, -0.15) is 0 Å². The van der Waals surface area contributed by atoms with Gasteiger partial charge in [-0.15, -0.1) is 0 Å². The Kier molecular flexibility index (Phi) is 8.89. The van der Waals surface area contributed by atoms with Crippen LogP contribution in [0.25, 0.3) is 0 Å². The molecular weight excluding hydrogens is 240 g/mol. The third-order valence-corrected chi connectivity index (χ3v) is 3.96. The van der Waals surface area contributed by atoms with Crippen molar-refractivity contribution in [2.75, 3.05) is 6.61 Å². The lowest BCUT2D eigenvalue weighted by atomic mass is 9.96. The molecule has 0 amide bonds. The van der Waals surface area contributed by atoms with Gasteiger partial charge in [0.25, 0.3) is 0 Å². The minimum absolute atomic E-state index is 0.0337. The van der Waals surface area contributed by atoms with Crippen LogP contribution < -0.4 is 0 Å². The second kappa shape index (κ2) is 10.2. The number of aliphatic hydroxyl groups excluding tert-OH is 1. The summed E-state index contributed by atoms with van der Waals surface area (Å²) in [7, 11) is 0. The summed E-state index contributed by atoms with van der Waals surface area (Å²) in [5, 5.41) is 9.79. The molecule has 1 fully saturated rings. The molecule has 1 aliphatic rings. The zero-order valence-corrected chi connectivity index (χ0v) is 12.4. The van der Waals surface area contributed by atoms with Crippen molar-refractivity contribution in [3.8, 4) is 0 Å². The first-order chi connectivity index (χ1) is 9.24. The monoisotopic (exact) mass is 270 g/mol. The lowest BCUT2D eigenvalue weighted by Gasteiger charge is -2.26. The smallest absolute Gasteiger partial charge is 0.312 e. The lowest BCUT2D eigenvalue weighted by Crippen LogP contribution is -2.37. The summed E-state index contributed by atoms with van der Waals surface area (Å²) in [4.78, 5) is 11.0. The predicted octanol–water partition coefficient (Wildman–Crippen LogP) is 3.83. The fourth-order valence-electron chi connectivity index (χ4n) is 2.57. The molecule has 0 bridgehead atoms. The van der Waals surface area contributed by atoms with Crippen molar-refractivity contribution in [3.63, 3.8) is 0 Å². The van der Waals surface area contributed by atoms with Crippen LogP contribution in [0.4, 0.5) is 0 Å². The summed E-state index contributed by atoms with van der Waals surface area (Å²) >= 11 is 0. The van der Waals surface area contributed by atoms with Gasteiger partial charge in [-0.3, -0.25) is 4.79 Å². The zero-order chi connectivity index (χ0) is 13.9. The third-order valence-electron chi connectivity index (χ3n) is 3.96. The van der Waals surface area contributed by atoms with Gasteiger partial charge in [-0.05, 0) is 12.8 Å². The molecular formula is C16H30O3. The second-order valence-corrected chi connectivity index (χ2v) is 5.83. The number of cyclic esters (lactones) is 1. The van der Waals surface area contributed by atoms with Crippen molar-refractivity contribution < 1.29 is 14.6 Å². The number of ether oxygens (including phenoxy) is 1. The largest absolute Gasteiger partial charge is 0.464 e. The molecule has 1 saturated heterocycles. The summed E-state index contributed by atoms with van der Waals surface area (Å²) in [5.41, 5.74) is 0. The van der Waals surface area contributed by atoms with Gasteiger partial charge in [0.05, 0.1) is 12.0 Å². The van der Waals surface area contributed by atoms with E-state index in [2.05, 4.69) is 6.92 Å². The molecule has 2 unspecified atom stereocenters. The summed E-state index contributed by atoms with van der Waals surface area (Å²) < 4.78 is 4.69. The van der Waals surface area contributed by atoms with Crippen LogP contribution in [-0.4, -0.2) is 23.8 Å². The molecule has 0 spiro atoms. The fourth-order valence-corrected chi connectivity index (χ4v) is 2.57. The molecule has 0 aromatic carbocycles. The van der Waals surface area contributed by atoms with Gasteiger partial charge in [0.2, 0.25) is 0 Å². The average molecular weight is 270 g/mol. The van der Waals surface area contributed by atoms with Crippen LogP contribution in [0, 0.1) is 5.92 Å². The Labute approximate surface area is 117 Å². The number of rotatable bonds is 12. The Morgan fingerprint density at radius 3 is 2.16 bits per heavy atom. The first kappa shape index (κ1) is 16.5. The molecule has 1 aliphatic heterocycles. The summed E-state index contributed by atoms with van der Waals surface area (Å²) in [6, 6.07) is 0. The molecule has 1 rings (SSSR count). The molecule has 1 N–H and O–H groups in total. The van der Waals surface area contributed by atoms with E-state index in [1.807, 2.05) is 0 Å². The van der Waals surface area contributed by atoms with Crippen molar-refractivity contribution in [1.29, 1.82) is 0 Å². The van der Waals surface area contributed by atoms with Crippen LogP contribution in [0.5, 0.6) is 0 Å². The highest BCUT2D eigenvalue weighted by atomic mass is 16.6. The van der Waals surface area contributed by atoms with E-state index in [1.54, 1.807) is 0 Å². The van der Waals surface area contributed by atoms with E-state index in [-0.39, 0.29) is 18.0 Å². The first-order valence-corrected chi connectivity index (χ1v) is 8.08. The van der Waals surface area contributed by atoms with Crippen LogP contribution in [0.2, 0.25) is 0 Å². The fraction of sp³-hybridized carbons (Fsp3) is 0.938. The number of carbonyl (C=O) groups excluding carboxylic acids is 1. The highest BCUT2D eigenvalue weighted by molar-refractivity contribution is 5.77. The molecule has 1 heterocycles. The Morgan fingerprint density at radius 2 is 1.68 bits per heavy atom. The number of hydrogen-bond donors (Lipinski definition) is 1. The van der Waals surface area contributed by atoms with E-state index in [0.717, 1.165) is 12.8 Å². The quantitative estimate of drug-likeness (QED) is 0.433. The van der Waals surface area contributed by atoms with Crippen LogP contribution in [0.3, 0.4) is 0 Å². The molecule has 0 aromatic rings. The van der Waals surface area contributed by atoms with Gasteiger partial charge < -0.3 is 9.84 Å². The normalized spacial score (nSPS) is 19.9. The maximum absolute atomic E-state index is 11.0. The third kappa shape index (κ3) is 7.56. The molecule has 0 aromatic heterocycles. The Balaban J connectivity index is 1.81. The molecule has 3 heteroatoms. The molecule has 19 heavy (non-hydrogen) atoms. The van der Waals surface area contributed by atoms with Gasteiger partial charge in [0.15, 0.2) is 0 Å². The maximum Gasteiger partial charge on any atom is 0.312 e. The van der Waals surface area contributed by atoms with Crippen molar-refractivity contribution in [3.05, 3.63) is 0 Å². The topological polar surface area (TPSA) is 46.5 Å². The number of carbonyl (C=O) groups is 1. The summed E-state index contributed by atoms with van der Waals surface area (Å²) in [5.74, 6) is -0.167. The van der Waals surface area contributed by atoms with E-state index >= 15 is 0 Å². The predicted molar refractivity (Wildman–Crippen MR) is 76.9 cm³/mol. The molecule has 0 saturated carbocycles. The van der Waals surface area contributed by atoms with E-state index in [9.17, 15) is 9.90 Å². The molecule has 112 valence electrons. The molecule has 2 atom stereocenters. The van der Waals surface area contributed by atoms with Crippen LogP contribution in [-0.2, 0) is 9.53 Å². The number of unbranched alkanes of at least 4 members (excludes halogenated alkanes) is 8. The number of aliphatic hydroxyl groups is 1. The van der Waals surface area contributed by atoms with Crippen molar-refractivity contribution >= 4 is 5.97 Å². The van der Waals surface area contributed by atoms with Gasteiger partial charge in [0.1, 0.15) is 6.61 Å². The van der Waals surface area contributed by atoms with Crippen molar-refractivity contribution in [2.24, 2.45) is 5.92 Å². The van der Waals surface area contributed by atoms with Gasteiger partial charge >= 0.3 is 5.97 Å². The minimum atomic E-state index is -0.317. The molecule has 0 aliphatic carbocycles. The van der Waals surface area contributed by atoms with Crippen molar-refractivity contribution in [2.45, 2.75) is 83.7 Å². The van der Waals surface area contributed by atoms with Gasteiger partial charge in [0, 0.05) is 0 Å². The lowest BCUT2D eigenvalue weighted by molar-refractivity contribution is -0.170. The highest BCUT2D eigenvalue weighted by Crippen LogP contribution is 2.21. The van der Waals surface area contributed by atoms with E-state index < -0.39 is 0 Å². The average Bonchev–Trinajstić information content (AvgIpc) is 2.41. The van der Waals surface area contributed by atoms with Gasteiger partial charge in [-0.25, -0.2) is 0 Å². The first-order valence-electron chi connectivity index (χ1n) is 8.08. The second-order valence-electron chi connectivity index (χ2n) is 5.83. The Morgan fingerprint density at radius 1 is 1.11 bits per heavy atom. The van der Waals surface area contributed by atoms with Gasteiger partial charge in [-0.1, -0.05) is 64.7 Å². The van der Waals surface area contributed by atoms with Crippen LogP contribution in [0.1, 0.15) is 77.6 Å². The number of hydrogen-bond acceptors (Lipinski definition) is 3. The highest BCUT2D eigenvalue weighted by Gasteiger charge is 2.32. The maximum atomic E-state index is 11.0. The van der Waals surface area contributed by atoms with Crippen LogP contribution >= 0.6 is 0 Å². The minimum Gasteiger partial charge on any atom is -0.464 e. The Bertz CT molecular complexity index is 240. The van der Waals surface area contributed by atoms with Crippen LogP contribution in [0.15, 0.2) is 0 Å². The number of esters is 1. The van der Waals surface area contributed by atoms with Crippen molar-refractivity contribution in [1.82, 2.24) is 0 Å². The standard InChI is InChI=1S/C16H30O3/c1-2-3-4-5-6-7-8-9-10-11-15(17)12-14-13-19-16(14)18/h14-15,17H,2-13H2,1H3. The zero-order valence-electron chi connectivity index (χ0n) is 12.4. The van der Waals surface area contributed by atoms with E-state index in [1.165, 1.54) is 51.4 Å². The molecule has 3 nitrogen and oxygen atoms in total. The molecule has 0 radical (unpaired) electrons. The SMILES string of the molecule is CCCCCCCCCCCC(O)CC1COC1=O. The summed E-state index contributed by atoms with van der Waals surface area (Å²) in [6.07, 6.45) is 12.8. The summed E-state index contributed by atoms with van der Waals surface area (Å²) in [6.45, 7) is 2.75. The Hall–Kier alpha value is -0.570. The van der Waals surface area contributed by atoms with E-state index in [4.69, 9.17) is 4.74 Å².